The Morgan fingerprint density at radius 3 is 2.20 bits per heavy atom. The first kappa shape index (κ1) is 12.3. The molecule has 5 nitrogen and oxygen atoms in total. The number of nitrogens with one attached hydrogen (secondary N) is 2. The zero-order valence-electron chi connectivity index (χ0n) is 8.41. The fraction of sp³-hybridized carbons (Fsp3) is 0.778. The highest BCUT2D eigenvalue weighted by Crippen LogP contribution is 2.40. The molecule has 0 radical (unpaired) electrons. The predicted octanol–water partition coefficient (Wildman–Crippen LogP) is -0.848. The van der Waals surface area contributed by atoms with E-state index in [4.69, 9.17) is 5.73 Å². The van der Waals surface area contributed by atoms with Gasteiger partial charge in [-0.05, 0) is 12.8 Å². The summed E-state index contributed by atoms with van der Waals surface area (Å²) in [5, 5.41) is 5.89. The Labute approximate surface area is 94.6 Å². The summed E-state index contributed by atoms with van der Waals surface area (Å²) in [5.74, 6) is -0.656. The van der Waals surface area contributed by atoms with E-state index in [1.165, 1.54) is 0 Å². The molecule has 4 N–H and O–H groups in total. The van der Waals surface area contributed by atoms with Gasteiger partial charge in [0.1, 0.15) is 5.41 Å². The van der Waals surface area contributed by atoms with Gasteiger partial charge in [0, 0.05) is 13.1 Å². The molecule has 0 spiro atoms. The molecule has 0 aromatic heterocycles. The number of primary amides is 1. The van der Waals surface area contributed by atoms with Crippen LogP contribution < -0.4 is 16.4 Å². The summed E-state index contributed by atoms with van der Waals surface area (Å²) in [7, 11) is 0. The van der Waals surface area contributed by atoms with Crippen molar-refractivity contribution in [2.24, 2.45) is 11.1 Å². The van der Waals surface area contributed by atoms with Crippen molar-refractivity contribution in [3.05, 3.63) is 0 Å². The van der Waals surface area contributed by atoms with Gasteiger partial charge in [-0.25, -0.2) is 0 Å². The van der Waals surface area contributed by atoms with Crippen LogP contribution >= 0.6 is 12.4 Å². The predicted molar refractivity (Wildman–Crippen MR) is 57.5 cm³/mol. The largest absolute Gasteiger partial charge is 0.369 e. The molecule has 1 saturated heterocycles. The molecule has 1 saturated carbocycles. The molecule has 15 heavy (non-hydrogen) atoms. The summed E-state index contributed by atoms with van der Waals surface area (Å²) < 4.78 is 0. The lowest BCUT2D eigenvalue weighted by atomic mass is 9.67. The van der Waals surface area contributed by atoms with Gasteiger partial charge in [0.2, 0.25) is 11.8 Å². The van der Waals surface area contributed by atoms with E-state index in [1.807, 2.05) is 0 Å². The normalized spacial score (nSPS) is 22.9. The van der Waals surface area contributed by atoms with Crippen LogP contribution in [0.4, 0.5) is 0 Å². The van der Waals surface area contributed by atoms with E-state index in [-0.39, 0.29) is 24.4 Å². The molecule has 2 aliphatic rings. The zero-order valence-corrected chi connectivity index (χ0v) is 9.23. The maximum atomic E-state index is 11.8. The average Bonchev–Trinajstić information content (AvgIpc) is 1.93. The Balaban J connectivity index is 0.00000112. The number of carbonyl (C=O) groups excluding carboxylic acids is 2. The minimum absolute atomic E-state index is 0. The molecule has 0 bridgehead atoms. The smallest absolute Gasteiger partial charge is 0.235 e. The standard InChI is InChI=1S/C9H15N3O2.ClH/c10-7(13)9(2-1-3-9)8(14)12-6-4-11-5-6;/h6,11H,1-5H2,(H2,10,13)(H,12,14);1H. The van der Waals surface area contributed by atoms with Crippen molar-refractivity contribution in [1.29, 1.82) is 0 Å². The van der Waals surface area contributed by atoms with Crippen LogP contribution in [0, 0.1) is 5.41 Å². The van der Waals surface area contributed by atoms with Gasteiger partial charge in [0.05, 0.1) is 6.04 Å². The van der Waals surface area contributed by atoms with Crippen LogP contribution in [0.2, 0.25) is 0 Å². The van der Waals surface area contributed by atoms with E-state index in [9.17, 15) is 9.59 Å². The van der Waals surface area contributed by atoms with Crippen LogP contribution in [0.5, 0.6) is 0 Å². The lowest BCUT2D eigenvalue weighted by Crippen LogP contribution is -2.62. The molecule has 1 heterocycles. The van der Waals surface area contributed by atoms with E-state index in [0.29, 0.717) is 12.8 Å². The molecule has 0 atom stereocenters. The molecule has 6 heteroatoms. The monoisotopic (exact) mass is 233 g/mol. The van der Waals surface area contributed by atoms with Crippen molar-refractivity contribution in [2.45, 2.75) is 25.3 Å². The summed E-state index contributed by atoms with van der Waals surface area (Å²) in [4.78, 5) is 22.9. The first-order chi connectivity index (χ1) is 6.65. The summed E-state index contributed by atoms with van der Waals surface area (Å²) >= 11 is 0. The molecule has 2 fully saturated rings. The quantitative estimate of drug-likeness (QED) is 0.556. The van der Waals surface area contributed by atoms with Gasteiger partial charge in [0.15, 0.2) is 0 Å². The van der Waals surface area contributed by atoms with Crippen molar-refractivity contribution in [3.8, 4) is 0 Å². The van der Waals surface area contributed by atoms with Gasteiger partial charge in [-0.2, -0.15) is 0 Å². The van der Waals surface area contributed by atoms with Gasteiger partial charge in [-0.1, -0.05) is 6.42 Å². The van der Waals surface area contributed by atoms with E-state index < -0.39 is 11.3 Å². The van der Waals surface area contributed by atoms with Crippen molar-refractivity contribution < 1.29 is 9.59 Å². The minimum Gasteiger partial charge on any atom is -0.369 e. The van der Waals surface area contributed by atoms with Crippen LogP contribution in [0.25, 0.3) is 0 Å². The molecule has 1 aliphatic heterocycles. The molecule has 86 valence electrons. The van der Waals surface area contributed by atoms with E-state index in [1.54, 1.807) is 0 Å². The topological polar surface area (TPSA) is 84.2 Å². The van der Waals surface area contributed by atoms with E-state index >= 15 is 0 Å². The fourth-order valence-electron chi connectivity index (χ4n) is 1.83. The van der Waals surface area contributed by atoms with Crippen LogP contribution in [0.3, 0.4) is 0 Å². The van der Waals surface area contributed by atoms with Crippen molar-refractivity contribution in [1.82, 2.24) is 10.6 Å². The Morgan fingerprint density at radius 1 is 1.33 bits per heavy atom. The molecule has 0 unspecified atom stereocenters. The Kier molecular flexibility index (Phi) is 3.57. The van der Waals surface area contributed by atoms with Gasteiger partial charge >= 0.3 is 0 Å². The summed E-state index contributed by atoms with van der Waals surface area (Å²) in [6.07, 6.45) is 2.13. The van der Waals surface area contributed by atoms with Gasteiger partial charge < -0.3 is 16.4 Å². The third-order valence-electron chi connectivity index (χ3n) is 3.23. The Morgan fingerprint density at radius 2 is 1.93 bits per heavy atom. The lowest BCUT2D eigenvalue weighted by Gasteiger charge is -2.39. The van der Waals surface area contributed by atoms with Gasteiger partial charge in [-0.3, -0.25) is 9.59 Å². The van der Waals surface area contributed by atoms with Crippen molar-refractivity contribution in [2.75, 3.05) is 13.1 Å². The maximum Gasteiger partial charge on any atom is 0.235 e. The van der Waals surface area contributed by atoms with Crippen LogP contribution in [0.1, 0.15) is 19.3 Å². The van der Waals surface area contributed by atoms with Gasteiger partial charge in [-0.15, -0.1) is 12.4 Å². The highest BCUT2D eigenvalue weighted by molar-refractivity contribution is 6.05. The Hall–Kier alpha value is -0.810. The summed E-state index contributed by atoms with van der Waals surface area (Å²) in [6.45, 7) is 1.58. The number of hydrogen-bond donors (Lipinski definition) is 3. The molecule has 2 amide bonds. The molecule has 2 rings (SSSR count). The lowest BCUT2D eigenvalue weighted by molar-refractivity contribution is -0.148. The first-order valence-corrected chi connectivity index (χ1v) is 4.97. The number of halogens is 1. The zero-order chi connectivity index (χ0) is 10.2. The van der Waals surface area contributed by atoms with Crippen LogP contribution in [0.15, 0.2) is 0 Å². The van der Waals surface area contributed by atoms with Crippen molar-refractivity contribution in [3.63, 3.8) is 0 Å². The molecular formula is C9H16ClN3O2. The minimum atomic E-state index is -0.893. The molecule has 0 aromatic rings. The Bertz CT molecular complexity index is 275. The SMILES string of the molecule is Cl.NC(=O)C1(C(=O)NC2CNC2)CCC1. The second-order valence-electron chi connectivity index (χ2n) is 4.13. The van der Waals surface area contributed by atoms with Crippen LogP contribution in [-0.4, -0.2) is 30.9 Å². The second-order valence-corrected chi connectivity index (χ2v) is 4.13. The molecule has 1 aliphatic carbocycles. The molecular weight excluding hydrogens is 218 g/mol. The average molecular weight is 234 g/mol. The maximum absolute atomic E-state index is 11.8. The number of nitrogens with two attached hydrogens (primary N) is 1. The second kappa shape index (κ2) is 4.37. The highest BCUT2D eigenvalue weighted by Gasteiger charge is 2.50. The first-order valence-electron chi connectivity index (χ1n) is 4.97. The number of hydrogen-bond acceptors (Lipinski definition) is 3. The third-order valence-corrected chi connectivity index (χ3v) is 3.23. The fourth-order valence-corrected chi connectivity index (χ4v) is 1.83. The van der Waals surface area contributed by atoms with Gasteiger partial charge in [0.25, 0.3) is 0 Å². The number of carbonyl (C=O) groups is 2. The summed E-state index contributed by atoms with van der Waals surface area (Å²) in [6, 6.07) is 0.180. The van der Waals surface area contributed by atoms with E-state index in [0.717, 1.165) is 19.5 Å². The van der Waals surface area contributed by atoms with E-state index in [2.05, 4.69) is 10.6 Å². The van der Waals surface area contributed by atoms with Crippen molar-refractivity contribution >= 4 is 24.2 Å². The highest BCUT2D eigenvalue weighted by atomic mass is 35.5. The number of amides is 2. The summed E-state index contributed by atoms with van der Waals surface area (Å²) in [5.41, 5.74) is 4.36. The molecule has 0 aromatic carbocycles. The third kappa shape index (κ3) is 1.94. The number of rotatable bonds is 3. The van der Waals surface area contributed by atoms with Crippen LogP contribution in [-0.2, 0) is 9.59 Å².